The predicted octanol–water partition coefficient (Wildman–Crippen LogP) is 3.42. The van der Waals surface area contributed by atoms with E-state index in [1.165, 1.54) is 18.2 Å². The van der Waals surface area contributed by atoms with E-state index in [-0.39, 0.29) is 16.3 Å². The molecule has 0 fully saturated rings. The highest BCUT2D eigenvalue weighted by Gasteiger charge is 2.21. The molecule has 0 aliphatic carbocycles. The summed E-state index contributed by atoms with van der Waals surface area (Å²) < 4.78 is 40.9. The van der Waals surface area contributed by atoms with Crippen molar-refractivity contribution < 1.29 is 17.6 Å². The van der Waals surface area contributed by atoms with Crippen molar-refractivity contribution in [3.05, 3.63) is 58.9 Å². The molecule has 0 atom stereocenters. The van der Waals surface area contributed by atoms with E-state index in [1.54, 1.807) is 12.1 Å². The van der Waals surface area contributed by atoms with Gasteiger partial charge in [0, 0.05) is 11.6 Å². The van der Waals surface area contributed by atoms with E-state index >= 15 is 0 Å². The highest BCUT2D eigenvalue weighted by atomic mass is 35.5. The lowest BCUT2D eigenvalue weighted by Crippen LogP contribution is -2.26. The Kier molecular flexibility index (Phi) is 5.80. The Morgan fingerprint density at radius 3 is 2.58 bits per heavy atom. The standard InChI is InChI=1S/C16H16ClFN2O3S/c1-2-9-19-16(21)12-5-3-4-6-14(12)20-24(22,23)15-8-7-11(17)10-13(15)18/h3-8,10,20H,2,9H2,1H3,(H,19,21). The van der Waals surface area contributed by atoms with Gasteiger partial charge in [-0.15, -0.1) is 0 Å². The van der Waals surface area contributed by atoms with Crippen LogP contribution in [0, 0.1) is 5.82 Å². The average Bonchev–Trinajstić information content (AvgIpc) is 2.52. The van der Waals surface area contributed by atoms with Crippen LogP contribution in [-0.4, -0.2) is 20.9 Å². The van der Waals surface area contributed by atoms with Crippen molar-refractivity contribution in [2.75, 3.05) is 11.3 Å². The van der Waals surface area contributed by atoms with Crippen molar-refractivity contribution >= 4 is 33.2 Å². The minimum atomic E-state index is -4.20. The van der Waals surface area contributed by atoms with Crippen LogP contribution >= 0.6 is 11.6 Å². The van der Waals surface area contributed by atoms with Gasteiger partial charge in [0.25, 0.3) is 15.9 Å². The van der Waals surface area contributed by atoms with E-state index in [0.29, 0.717) is 6.54 Å². The van der Waals surface area contributed by atoms with Crippen LogP contribution < -0.4 is 10.0 Å². The number of para-hydroxylation sites is 1. The Hall–Kier alpha value is -2.12. The van der Waals surface area contributed by atoms with E-state index in [1.807, 2.05) is 6.92 Å². The number of rotatable bonds is 6. The van der Waals surface area contributed by atoms with Crippen molar-refractivity contribution in [3.63, 3.8) is 0 Å². The molecular formula is C16H16ClFN2O3S. The highest BCUT2D eigenvalue weighted by Crippen LogP contribution is 2.23. The van der Waals surface area contributed by atoms with Gasteiger partial charge >= 0.3 is 0 Å². The van der Waals surface area contributed by atoms with E-state index in [9.17, 15) is 17.6 Å². The van der Waals surface area contributed by atoms with Gasteiger partial charge < -0.3 is 5.32 Å². The summed E-state index contributed by atoms with van der Waals surface area (Å²) in [4.78, 5) is 11.6. The topological polar surface area (TPSA) is 75.3 Å². The van der Waals surface area contributed by atoms with Gasteiger partial charge in [0.2, 0.25) is 0 Å². The van der Waals surface area contributed by atoms with Gasteiger partial charge in [-0.1, -0.05) is 30.7 Å². The summed E-state index contributed by atoms with van der Waals surface area (Å²) in [6.45, 7) is 2.37. The number of hydrogen-bond acceptors (Lipinski definition) is 3. The molecule has 0 radical (unpaired) electrons. The maximum Gasteiger partial charge on any atom is 0.264 e. The first-order chi connectivity index (χ1) is 11.3. The van der Waals surface area contributed by atoms with E-state index in [2.05, 4.69) is 10.0 Å². The summed E-state index contributed by atoms with van der Waals surface area (Å²) in [6.07, 6.45) is 0.746. The first-order valence-corrected chi connectivity index (χ1v) is 9.06. The van der Waals surface area contributed by atoms with Gasteiger partial charge in [0.05, 0.1) is 11.3 Å². The van der Waals surface area contributed by atoms with E-state index < -0.39 is 26.6 Å². The van der Waals surface area contributed by atoms with Crippen LogP contribution in [0.15, 0.2) is 47.4 Å². The first-order valence-electron chi connectivity index (χ1n) is 7.20. The molecule has 2 N–H and O–H groups in total. The third kappa shape index (κ3) is 4.24. The zero-order valence-corrected chi connectivity index (χ0v) is 14.4. The second kappa shape index (κ2) is 7.63. The number of sulfonamides is 1. The first kappa shape index (κ1) is 18.2. The van der Waals surface area contributed by atoms with Crippen LogP contribution in [0.1, 0.15) is 23.7 Å². The number of carbonyl (C=O) groups is 1. The van der Waals surface area contributed by atoms with Crippen LogP contribution in [0.2, 0.25) is 5.02 Å². The van der Waals surface area contributed by atoms with Gasteiger partial charge in [-0.05, 0) is 36.8 Å². The molecule has 0 aliphatic rings. The minimum absolute atomic E-state index is 0.0699. The third-order valence-corrected chi connectivity index (χ3v) is 4.77. The monoisotopic (exact) mass is 370 g/mol. The molecule has 2 aromatic carbocycles. The molecule has 0 aromatic heterocycles. The fourth-order valence-electron chi connectivity index (χ4n) is 2.00. The molecule has 24 heavy (non-hydrogen) atoms. The number of hydrogen-bond donors (Lipinski definition) is 2. The molecule has 5 nitrogen and oxygen atoms in total. The highest BCUT2D eigenvalue weighted by molar-refractivity contribution is 7.92. The van der Waals surface area contributed by atoms with Crippen LogP contribution in [0.5, 0.6) is 0 Å². The summed E-state index contributed by atoms with van der Waals surface area (Å²) in [7, 11) is -4.20. The molecule has 0 heterocycles. The van der Waals surface area contributed by atoms with Crippen molar-refractivity contribution in [3.8, 4) is 0 Å². The molecule has 128 valence electrons. The number of benzene rings is 2. The van der Waals surface area contributed by atoms with Gasteiger partial charge in [0.1, 0.15) is 10.7 Å². The van der Waals surface area contributed by atoms with Gasteiger partial charge in [-0.3, -0.25) is 9.52 Å². The molecule has 0 saturated heterocycles. The SMILES string of the molecule is CCCNC(=O)c1ccccc1NS(=O)(=O)c1ccc(Cl)cc1F. The summed E-state index contributed by atoms with van der Waals surface area (Å²) >= 11 is 5.63. The molecule has 0 saturated carbocycles. The largest absolute Gasteiger partial charge is 0.352 e. The van der Waals surface area contributed by atoms with Crippen molar-refractivity contribution in [1.82, 2.24) is 5.32 Å². The summed E-state index contributed by atoms with van der Waals surface area (Å²) in [5.74, 6) is -1.38. The maximum atomic E-state index is 13.9. The summed E-state index contributed by atoms with van der Waals surface area (Å²) in [6, 6.07) is 9.37. The maximum absolute atomic E-state index is 13.9. The molecule has 1 amide bonds. The van der Waals surface area contributed by atoms with Crippen LogP contribution in [-0.2, 0) is 10.0 Å². The average molecular weight is 371 g/mol. The number of halogens is 2. The molecule has 0 bridgehead atoms. The van der Waals surface area contributed by atoms with Crippen molar-refractivity contribution in [2.45, 2.75) is 18.2 Å². The number of nitrogens with one attached hydrogen (secondary N) is 2. The van der Waals surface area contributed by atoms with Crippen molar-refractivity contribution in [1.29, 1.82) is 0 Å². The van der Waals surface area contributed by atoms with Gasteiger partial charge in [0.15, 0.2) is 0 Å². The molecular weight excluding hydrogens is 355 g/mol. The number of anilines is 1. The lowest BCUT2D eigenvalue weighted by Gasteiger charge is -2.13. The fourth-order valence-corrected chi connectivity index (χ4v) is 3.30. The summed E-state index contributed by atoms with van der Waals surface area (Å²) in [5.41, 5.74) is 0.226. The third-order valence-electron chi connectivity index (χ3n) is 3.14. The normalized spacial score (nSPS) is 11.1. The fraction of sp³-hybridized carbons (Fsp3) is 0.188. The van der Waals surface area contributed by atoms with Crippen LogP contribution in [0.3, 0.4) is 0 Å². The lowest BCUT2D eigenvalue weighted by molar-refractivity contribution is 0.0954. The molecule has 2 aromatic rings. The predicted molar refractivity (Wildman–Crippen MR) is 91.3 cm³/mol. The Morgan fingerprint density at radius 2 is 1.92 bits per heavy atom. The minimum Gasteiger partial charge on any atom is -0.352 e. The summed E-state index contributed by atoms with van der Waals surface area (Å²) in [5, 5.41) is 2.76. The van der Waals surface area contributed by atoms with Crippen molar-refractivity contribution in [2.24, 2.45) is 0 Å². The second-order valence-electron chi connectivity index (χ2n) is 4.98. The van der Waals surface area contributed by atoms with Crippen LogP contribution in [0.25, 0.3) is 0 Å². The number of carbonyl (C=O) groups excluding carboxylic acids is 1. The van der Waals surface area contributed by atoms with Gasteiger partial charge in [-0.2, -0.15) is 0 Å². The molecule has 0 spiro atoms. The van der Waals surface area contributed by atoms with Gasteiger partial charge in [-0.25, -0.2) is 12.8 Å². The Bertz CT molecular complexity index is 856. The molecule has 2 rings (SSSR count). The van der Waals surface area contributed by atoms with Crippen LogP contribution in [0.4, 0.5) is 10.1 Å². The smallest absolute Gasteiger partial charge is 0.264 e. The Balaban J connectivity index is 2.35. The molecule has 8 heteroatoms. The second-order valence-corrected chi connectivity index (χ2v) is 7.07. The zero-order chi connectivity index (χ0) is 17.7. The zero-order valence-electron chi connectivity index (χ0n) is 12.8. The Morgan fingerprint density at radius 1 is 1.21 bits per heavy atom. The molecule has 0 aliphatic heterocycles. The Labute approximate surface area is 144 Å². The van der Waals surface area contributed by atoms with E-state index in [0.717, 1.165) is 18.6 Å². The molecule has 0 unspecified atom stereocenters. The lowest BCUT2D eigenvalue weighted by atomic mass is 10.1. The quantitative estimate of drug-likeness (QED) is 0.818. The number of amides is 1. The van der Waals surface area contributed by atoms with E-state index in [4.69, 9.17) is 11.6 Å².